The highest BCUT2D eigenvalue weighted by Crippen LogP contribution is 2.15. The van der Waals surface area contributed by atoms with E-state index in [0.29, 0.717) is 6.42 Å². The lowest BCUT2D eigenvalue weighted by Crippen LogP contribution is -2.31. The number of carbonyl (C=O) groups excluding carboxylic acids is 1. The maximum absolute atomic E-state index is 11.7. The Morgan fingerprint density at radius 2 is 1.87 bits per heavy atom. The van der Waals surface area contributed by atoms with E-state index < -0.39 is 0 Å². The van der Waals surface area contributed by atoms with E-state index in [9.17, 15) is 4.79 Å². The highest BCUT2D eigenvalue weighted by Gasteiger charge is 2.12. The van der Waals surface area contributed by atoms with E-state index in [2.05, 4.69) is 6.92 Å². The van der Waals surface area contributed by atoms with Crippen molar-refractivity contribution in [3.05, 3.63) is 30.3 Å². The molecule has 0 N–H and O–H groups in total. The lowest BCUT2D eigenvalue weighted by Gasteiger charge is -2.22. The molecule has 0 fully saturated rings. The molecule has 0 radical (unpaired) electrons. The van der Waals surface area contributed by atoms with E-state index in [1.807, 2.05) is 42.2 Å². The number of carbonyl (C=O) groups is 1. The molecular weight excluding hydrogens is 186 g/mol. The molecule has 0 aliphatic carbocycles. The van der Waals surface area contributed by atoms with Crippen LogP contribution in [0, 0.1) is 0 Å². The molecule has 1 rings (SSSR count). The Balaban J connectivity index is 2.76. The van der Waals surface area contributed by atoms with Crippen LogP contribution in [0.1, 0.15) is 33.1 Å². The van der Waals surface area contributed by atoms with Gasteiger partial charge >= 0.3 is 0 Å². The van der Waals surface area contributed by atoms with Crippen LogP contribution in [0.25, 0.3) is 0 Å². The zero-order valence-electron chi connectivity index (χ0n) is 9.57. The summed E-state index contributed by atoms with van der Waals surface area (Å²) in [5.74, 6) is 0.203. The predicted octanol–water partition coefficient (Wildman–Crippen LogP) is 3.23. The van der Waals surface area contributed by atoms with Crippen LogP contribution in [0.2, 0.25) is 0 Å². The molecule has 0 aromatic heterocycles. The van der Waals surface area contributed by atoms with Gasteiger partial charge in [-0.3, -0.25) is 4.79 Å². The van der Waals surface area contributed by atoms with Crippen LogP contribution in [0.5, 0.6) is 0 Å². The Kier molecular flexibility index (Phi) is 4.88. The molecule has 0 saturated heterocycles. The van der Waals surface area contributed by atoms with E-state index >= 15 is 0 Å². The van der Waals surface area contributed by atoms with Crippen molar-refractivity contribution in [1.82, 2.24) is 0 Å². The second-order valence-corrected chi connectivity index (χ2v) is 3.59. The summed E-state index contributed by atoms with van der Waals surface area (Å²) in [6, 6.07) is 9.89. The summed E-state index contributed by atoms with van der Waals surface area (Å²) in [7, 11) is 0. The fourth-order valence-electron chi connectivity index (χ4n) is 1.51. The first-order chi connectivity index (χ1) is 7.29. The molecule has 0 aliphatic rings. The molecule has 82 valence electrons. The van der Waals surface area contributed by atoms with E-state index in [-0.39, 0.29) is 5.91 Å². The minimum Gasteiger partial charge on any atom is -0.312 e. The molecule has 1 amide bonds. The van der Waals surface area contributed by atoms with Gasteiger partial charge in [-0.15, -0.1) is 0 Å². The van der Waals surface area contributed by atoms with Gasteiger partial charge in [0.15, 0.2) is 0 Å². The van der Waals surface area contributed by atoms with Gasteiger partial charge in [0.05, 0.1) is 0 Å². The van der Waals surface area contributed by atoms with Crippen LogP contribution in [-0.2, 0) is 4.79 Å². The minimum absolute atomic E-state index is 0.203. The van der Waals surface area contributed by atoms with Crippen LogP contribution in [-0.4, -0.2) is 12.5 Å². The Morgan fingerprint density at radius 3 is 2.40 bits per heavy atom. The molecular formula is C13H19NO. The number of unbranched alkanes of at least 4 members (excludes halogenated alkanes) is 1. The standard InChI is InChI=1S/C13H19NO/c1-3-5-11-14(13(15)4-2)12-9-7-6-8-10-12/h6-10H,3-5,11H2,1-2H3. The third-order valence-corrected chi connectivity index (χ3v) is 2.41. The molecule has 0 bridgehead atoms. The summed E-state index contributed by atoms with van der Waals surface area (Å²) < 4.78 is 0. The van der Waals surface area contributed by atoms with Gasteiger partial charge in [0.25, 0.3) is 0 Å². The quantitative estimate of drug-likeness (QED) is 0.722. The third kappa shape index (κ3) is 3.39. The largest absolute Gasteiger partial charge is 0.312 e. The summed E-state index contributed by atoms with van der Waals surface area (Å²) >= 11 is 0. The summed E-state index contributed by atoms with van der Waals surface area (Å²) in [6.45, 7) is 4.87. The van der Waals surface area contributed by atoms with E-state index in [1.165, 1.54) is 0 Å². The van der Waals surface area contributed by atoms with Crippen molar-refractivity contribution in [2.24, 2.45) is 0 Å². The Bertz CT molecular complexity index is 295. The Morgan fingerprint density at radius 1 is 1.20 bits per heavy atom. The van der Waals surface area contributed by atoms with Crippen LogP contribution in [0.15, 0.2) is 30.3 Å². The van der Waals surface area contributed by atoms with Gasteiger partial charge in [0.1, 0.15) is 0 Å². The SMILES string of the molecule is CCCCN(C(=O)CC)c1ccccc1. The van der Waals surface area contributed by atoms with Gasteiger partial charge in [0, 0.05) is 18.7 Å². The zero-order valence-corrected chi connectivity index (χ0v) is 9.57. The molecule has 0 unspecified atom stereocenters. The molecule has 2 heteroatoms. The molecule has 0 atom stereocenters. The van der Waals surface area contributed by atoms with Gasteiger partial charge in [-0.05, 0) is 18.6 Å². The second kappa shape index (κ2) is 6.23. The molecule has 1 aromatic rings. The Hall–Kier alpha value is -1.31. The number of hydrogen-bond donors (Lipinski definition) is 0. The fraction of sp³-hybridized carbons (Fsp3) is 0.462. The molecule has 1 aromatic carbocycles. The average Bonchev–Trinajstić information content (AvgIpc) is 2.30. The minimum atomic E-state index is 0.203. The summed E-state index contributed by atoms with van der Waals surface area (Å²) in [6.07, 6.45) is 2.74. The number of anilines is 1. The maximum atomic E-state index is 11.7. The van der Waals surface area contributed by atoms with E-state index in [4.69, 9.17) is 0 Å². The van der Waals surface area contributed by atoms with Gasteiger partial charge in [0.2, 0.25) is 5.91 Å². The van der Waals surface area contributed by atoms with E-state index in [1.54, 1.807) is 0 Å². The number of hydrogen-bond acceptors (Lipinski definition) is 1. The van der Waals surface area contributed by atoms with Gasteiger partial charge < -0.3 is 4.90 Å². The van der Waals surface area contributed by atoms with Crippen molar-refractivity contribution < 1.29 is 4.79 Å². The third-order valence-electron chi connectivity index (χ3n) is 2.41. The van der Waals surface area contributed by atoms with Crippen LogP contribution < -0.4 is 4.90 Å². The molecule has 2 nitrogen and oxygen atoms in total. The molecule has 0 spiro atoms. The molecule has 0 saturated carbocycles. The number of benzene rings is 1. The summed E-state index contributed by atoms with van der Waals surface area (Å²) in [4.78, 5) is 13.6. The lowest BCUT2D eigenvalue weighted by molar-refractivity contribution is -0.118. The van der Waals surface area contributed by atoms with Crippen LogP contribution in [0.3, 0.4) is 0 Å². The highest BCUT2D eigenvalue weighted by atomic mass is 16.2. The molecule has 0 heterocycles. The smallest absolute Gasteiger partial charge is 0.226 e. The normalized spacial score (nSPS) is 10.0. The monoisotopic (exact) mass is 205 g/mol. The van der Waals surface area contributed by atoms with Crippen molar-refractivity contribution in [3.8, 4) is 0 Å². The zero-order chi connectivity index (χ0) is 11.1. The van der Waals surface area contributed by atoms with Crippen molar-refractivity contribution in [2.75, 3.05) is 11.4 Å². The molecule has 0 aliphatic heterocycles. The van der Waals surface area contributed by atoms with Crippen LogP contribution >= 0.6 is 0 Å². The van der Waals surface area contributed by atoms with E-state index in [0.717, 1.165) is 25.1 Å². The first-order valence-electron chi connectivity index (χ1n) is 5.65. The maximum Gasteiger partial charge on any atom is 0.226 e. The first kappa shape index (κ1) is 11.8. The number of rotatable bonds is 5. The van der Waals surface area contributed by atoms with Crippen molar-refractivity contribution in [1.29, 1.82) is 0 Å². The van der Waals surface area contributed by atoms with Crippen molar-refractivity contribution in [2.45, 2.75) is 33.1 Å². The van der Waals surface area contributed by atoms with Gasteiger partial charge in [-0.2, -0.15) is 0 Å². The average molecular weight is 205 g/mol. The second-order valence-electron chi connectivity index (χ2n) is 3.59. The summed E-state index contributed by atoms with van der Waals surface area (Å²) in [5, 5.41) is 0. The first-order valence-corrected chi connectivity index (χ1v) is 5.65. The summed E-state index contributed by atoms with van der Waals surface area (Å²) in [5.41, 5.74) is 1.01. The predicted molar refractivity (Wildman–Crippen MR) is 64.0 cm³/mol. The fourth-order valence-corrected chi connectivity index (χ4v) is 1.51. The van der Waals surface area contributed by atoms with Crippen LogP contribution in [0.4, 0.5) is 5.69 Å². The topological polar surface area (TPSA) is 20.3 Å². The lowest BCUT2D eigenvalue weighted by atomic mass is 10.2. The number of amides is 1. The van der Waals surface area contributed by atoms with Gasteiger partial charge in [-0.1, -0.05) is 38.5 Å². The van der Waals surface area contributed by atoms with Crippen molar-refractivity contribution >= 4 is 11.6 Å². The Labute approximate surface area is 91.9 Å². The number of nitrogens with zero attached hydrogens (tertiary/aromatic N) is 1. The van der Waals surface area contributed by atoms with Gasteiger partial charge in [-0.25, -0.2) is 0 Å². The number of para-hydroxylation sites is 1. The highest BCUT2D eigenvalue weighted by molar-refractivity contribution is 5.93. The van der Waals surface area contributed by atoms with Crippen molar-refractivity contribution in [3.63, 3.8) is 0 Å². The molecule has 15 heavy (non-hydrogen) atoms.